The number of rotatable bonds is 6. The molecule has 0 bridgehead atoms. The molecule has 12 heteroatoms. The van der Waals surface area contributed by atoms with Crippen LogP contribution in [0.25, 0.3) is 11.3 Å². The van der Waals surface area contributed by atoms with E-state index in [4.69, 9.17) is 14.1 Å². The Hall–Kier alpha value is -4.16. The summed E-state index contributed by atoms with van der Waals surface area (Å²) in [6, 6.07) is 8.35. The number of benzene rings is 1. The predicted octanol–water partition coefficient (Wildman–Crippen LogP) is 3.77. The van der Waals surface area contributed by atoms with Gasteiger partial charge in [-0.05, 0) is 36.1 Å². The van der Waals surface area contributed by atoms with Gasteiger partial charge in [-0.2, -0.15) is 5.10 Å². The first-order valence-electron chi connectivity index (χ1n) is 13.9. The van der Waals surface area contributed by atoms with Crippen molar-refractivity contribution >= 4 is 17.5 Å². The van der Waals surface area contributed by atoms with Crippen LogP contribution in [0, 0.1) is 0 Å². The van der Waals surface area contributed by atoms with Crippen molar-refractivity contribution in [1.82, 2.24) is 40.2 Å². The highest BCUT2D eigenvalue weighted by Crippen LogP contribution is 2.33. The van der Waals surface area contributed by atoms with Crippen molar-refractivity contribution in [2.75, 3.05) is 25.1 Å². The Bertz CT molecular complexity index is 1530. The third-order valence-corrected chi connectivity index (χ3v) is 7.50. The zero-order chi connectivity index (χ0) is 28.6. The van der Waals surface area contributed by atoms with E-state index >= 15 is 0 Å². The van der Waals surface area contributed by atoms with E-state index in [0.717, 1.165) is 67.2 Å². The summed E-state index contributed by atoms with van der Waals surface area (Å²) in [7, 11) is 1.86. The van der Waals surface area contributed by atoms with Gasteiger partial charge in [-0.1, -0.05) is 32.9 Å². The summed E-state index contributed by atoms with van der Waals surface area (Å²) < 4.78 is 13.1. The number of aryl methyl sites for hydroxylation is 1. The zero-order valence-electron chi connectivity index (χ0n) is 23.8. The molecular weight excluding hydrogens is 522 g/mol. The Balaban J connectivity index is 1.28. The van der Waals surface area contributed by atoms with Gasteiger partial charge in [0.15, 0.2) is 0 Å². The topological polar surface area (TPSA) is 136 Å². The highest BCUT2D eigenvalue weighted by molar-refractivity contribution is 5.89. The number of fused-ring (bicyclic) bond motifs is 1. The average molecular weight is 558 g/mol. The second kappa shape index (κ2) is 11.0. The van der Waals surface area contributed by atoms with E-state index in [1.54, 1.807) is 17.1 Å². The van der Waals surface area contributed by atoms with E-state index in [1.807, 2.05) is 46.1 Å². The van der Waals surface area contributed by atoms with Gasteiger partial charge in [-0.3, -0.25) is 14.4 Å². The van der Waals surface area contributed by atoms with Crippen LogP contribution in [0.4, 0.5) is 11.6 Å². The van der Waals surface area contributed by atoms with Crippen molar-refractivity contribution in [3.8, 4) is 11.3 Å². The minimum atomic E-state index is -0.368. The summed E-state index contributed by atoms with van der Waals surface area (Å²) in [6.07, 6.45) is 7.09. The van der Waals surface area contributed by atoms with Crippen LogP contribution in [0.3, 0.4) is 0 Å². The first-order chi connectivity index (χ1) is 19.7. The number of amides is 1. The number of carbonyl (C=O) groups excluding carboxylic acids is 1. The van der Waals surface area contributed by atoms with Crippen LogP contribution in [-0.2, 0) is 23.7 Å². The molecule has 2 aliphatic rings. The van der Waals surface area contributed by atoms with E-state index in [9.17, 15) is 4.79 Å². The number of hydrogen-bond donors (Lipinski definition) is 2. The number of carbonyl (C=O) groups is 1. The van der Waals surface area contributed by atoms with Crippen molar-refractivity contribution in [1.29, 1.82) is 0 Å². The summed E-state index contributed by atoms with van der Waals surface area (Å²) in [6.45, 7) is 8.99. The maximum Gasteiger partial charge on any atom is 0.309 e. The van der Waals surface area contributed by atoms with Crippen molar-refractivity contribution in [3.05, 3.63) is 65.8 Å². The molecule has 0 saturated carbocycles. The summed E-state index contributed by atoms with van der Waals surface area (Å²) in [5.74, 6) is 0.540. The Labute approximate surface area is 238 Å². The first kappa shape index (κ1) is 27.0. The quantitative estimate of drug-likeness (QED) is 0.361. The van der Waals surface area contributed by atoms with Crippen LogP contribution < -0.4 is 10.6 Å². The Morgan fingerprint density at radius 1 is 1.15 bits per heavy atom. The molecule has 2 atom stereocenters. The third-order valence-electron chi connectivity index (χ3n) is 7.50. The lowest BCUT2D eigenvalue weighted by atomic mass is 9.96. The smallest absolute Gasteiger partial charge is 0.309 e. The minimum Gasteiger partial charge on any atom is -0.416 e. The lowest BCUT2D eigenvalue weighted by molar-refractivity contribution is 0.0891. The van der Waals surface area contributed by atoms with Crippen molar-refractivity contribution in [3.63, 3.8) is 0 Å². The molecule has 6 rings (SSSR count). The van der Waals surface area contributed by atoms with Crippen molar-refractivity contribution in [2.24, 2.45) is 7.05 Å². The molecule has 2 aliphatic heterocycles. The van der Waals surface area contributed by atoms with Crippen LogP contribution in [-0.4, -0.2) is 66.6 Å². The molecule has 12 nitrogen and oxygen atoms in total. The molecule has 0 aliphatic carbocycles. The van der Waals surface area contributed by atoms with Gasteiger partial charge in [0, 0.05) is 56.2 Å². The van der Waals surface area contributed by atoms with E-state index < -0.39 is 0 Å². The first-order valence-corrected chi connectivity index (χ1v) is 13.9. The van der Waals surface area contributed by atoms with Crippen LogP contribution in [0.15, 0.2) is 47.3 Å². The van der Waals surface area contributed by atoms with E-state index in [0.29, 0.717) is 17.9 Å². The maximum atomic E-state index is 13.2. The van der Waals surface area contributed by atoms with Gasteiger partial charge >= 0.3 is 11.8 Å². The molecule has 1 amide bonds. The van der Waals surface area contributed by atoms with Gasteiger partial charge < -0.3 is 19.8 Å². The summed E-state index contributed by atoms with van der Waals surface area (Å²) in [5.41, 5.74) is 4.46. The molecule has 5 heterocycles. The van der Waals surface area contributed by atoms with Crippen LogP contribution >= 0.6 is 0 Å². The third kappa shape index (κ3) is 5.98. The molecule has 0 unspecified atom stereocenters. The van der Waals surface area contributed by atoms with Crippen molar-refractivity contribution in [2.45, 2.75) is 57.7 Å². The molecular formula is C29H35N9O3. The SMILES string of the molecule is Cn1cc(Nc2nccc(-c3ccc4c(c3)CN([C@@H]3CCOC3)CC[C@H]4NC(=O)c3nnc(C(C)(C)C)o3)n2)cn1. The molecule has 4 aromatic rings. The van der Waals surface area contributed by atoms with Gasteiger partial charge in [0.25, 0.3) is 0 Å². The van der Waals surface area contributed by atoms with Gasteiger partial charge in [0.05, 0.1) is 30.2 Å². The fourth-order valence-electron chi connectivity index (χ4n) is 5.29. The maximum absolute atomic E-state index is 13.2. The summed E-state index contributed by atoms with van der Waals surface area (Å²) in [4.78, 5) is 24.8. The Morgan fingerprint density at radius 3 is 2.76 bits per heavy atom. The minimum absolute atomic E-state index is 0.0203. The fourth-order valence-corrected chi connectivity index (χ4v) is 5.29. The molecule has 0 radical (unpaired) electrons. The molecule has 1 fully saturated rings. The van der Waals surface area contributed by atoms with E-state index in [-0.39, 0.29) is 23.3 Å². The molecule has 1 aromatic carbocycles. The van der Waals surface area contributed by atoms with Gasteiger partial charge in [0.1, 0.15) is 0 Å². The van der Waals surface area contributed by atoms with Gasteiger partial charge in [-0.25, -0.2) is 9.97 Å². The molecule has 3 aromatic heterocycles. The Morgan fingerprint density at radius 2 is 2.02 bits per heavy atom. The number of hydrogen-bond acceptors (Lipinski definition) is 10. The fraction of sp³-hybridized carbons (Fsp3) is 0.448. The average Bonchev–Trinajstić information content (AvgIpc) is 3.71. The van der Waals surface area contributed by atoms with Crippen LogP contribution in [0.5, 0.6) is 0 Å². The lowest BCUT2D eigenvalue weighted by Gasteiger charge is -2.26. The number of anilines is 2. The van der Waals surface area contributed by atoms with Gasteiger partial charge in [0.2, 0.25) is 11.8 Å². The second-order valence-electron chi connectivity index (χ2n) is 11.7. The summed E-state index contributed by atoms with van der Waals surface area (Å²) >= 11 is 0. The van der Waals surface area contributed by atoms with E-state index in [1.165, 1.54) is 0 Å². The number of nitrogens with one attached hydrogen (secondary N) is 2. The van der Waals surface area contributed by atoms with Crippen molar-refractivity contribution < 1.29 is 13.9 Å². The highest BCUT2D eigenvalue weighted by atomic mass is 16.5. The highest BCUT2D eigenvalue weighted by Gasteiger charge is 2.31. The monoisotopic (exact) mass is 557 g/mol. The normalized spacial score (nSPS) is 19.5. The van der Waals surface area contributed by atoms with E-state index in [2.05, 4.69) is 47.9 Å². The largest absolute Gasteiger partial charge is 0.416 e. The molecule has 214 valence electrons. The molecule has 1 saturated heterocycles. The molecule has 2 N–H and O–H groups in total. The molecule has 41 heavy (non-hydrogen) atoms. The number of nitrogens with zero attached hydrogens (tertiary/aromatic N) is 7. The standard InChI is InChI=1S/C29H35N9O3/c1-29(2,3)27-36-35-26(41-27)25(39)33-24-8-11-38(21-9-12-40-17-21)15-19-13-18(5-6-22(19)24)23-7-10-30-28(34-23)32-20-14-31-37(4)16-20/h5-7,10,13-14,16,21,24H,8-9,11-12,15,17H2,1-4H3,(H,33,39)(H,30,32,34)/t21-,24-/m1/s1. The second-order valence-corrected chi connectivity index (χ2v) is 11.7. The predicted molar refractivity (Wildman–Crippen MR) is 151 cm³/mol. The summed E-state index contributed by atoms with van der Waals surface area (Å²) in [5, 5.41) is 18.7. The number of ether oxygens (including phenoxy) is 1. The van der Waals surface area contributed by atoms with Crippen LogP contribution in [0.2, 0.25) is 0 Å². The lowest BCUT2D eigenvalue weighted by Crippen LogP contribution is -2.36. The Kier molecular flexibility index (Phi) is 7.26. The van der Waals surface area contributed by atoms with Crippen LogP contribution in [0.1, 0.15) is 67.4 Å². The molecule has 0 spiro atoms. The zero-order valence-corrected chi connectivity index (χ0v) is 23.8. The number of aromatic nitrogens is 6. The van der Waals surface area contributed by atoms with Gasteiger partial charge in [-0.15, -0.1) is 10.2 Å².